The maximum Gasteiger partial charge on any atom is 0.265 e. The zero-order valence-corrected chi connectivity index (χ0v) is 15.7. The summed E-state index contributed by atoms with van der Waals surface area (Å²) in [6.07, 6.45) is -0.00483. The second-order valence-electron chi connectivity index (χ2n) is 5.80. The molecule has 28 heavy (non-hydrogen) atoms. The summed E-state index contributed by atoms with van der Waals surface area (Å²) in [6, 6.07) is 8.16. The van der Waals surface area contributed by atoms with Gasteiger partial charge in [0.2, 0.25) is 0 Å². The van der Waals surface area contributed by atoms with Gasteiger partial charge in [0.15, 0.2) is 17.6 Å². The highest BCUT2D eigenvalue weighted by molar-refractivity contribution is 6.32. The van der Waals surface area contributed by atoms with Crippen LogP contribution in [0.2, 0.25) is 10.0 Å². The molecule has 0 aliphatic carbocycles. The molecule has 1 heterocycles. The van der Waals surface area contributed by atoms with Crippen LogP contribution in [0.15, 0.2) is 35.3 Å². The third-order valence-electron chi connectivity index (χ3n) is 3.82. The highest BCUT2D eigenvalue weighted by Crippen LogP contribution is 2.35. The van der Waals surface area contributed by atoms with Gasteiger partial charge in [-0.15, -0.1) is 0 Å². The fourth-order valence-electron chi connectivity index (χ4n) is 2.50. The van der Waals surface area contributed by atoms with Gasteiger partial charge in [0, 0.05) is 11.4 Å². The molecule has 3 N–H and O–H groups in total. The number of nitriles is 1. The first-order valence-corrected chi connectivity index (χ1v) is 8.75. The predicted octanol–water partition coefficient (Wildman–Crippen LogP) is 2.73. The Kier molecular flexibility index (Phi) is 5.99. The lowest BCUT2D eigenvalue weighted by Gasteiger charge is -2.21. The van der Waals surface area contributed by atoms with Crippen LogP contribution in [0.5, 0.6) is 11.5 Å². The molecular formula is C18H13Cl2FN4O3. The maximum atomic E-state index is 15.0. The van der Waals surface area contributed by atoms with E-state index in [4.69, 9.17) is 38.3 Å². The first kappa shape index (κ1) is 19.9. The van der Waals surface area contributed by atoms with E-state index in [-0.39, 0.29) is 44.9 Å². The molecule has 0 unspecified atom stereocenters. The van der Waals surface area contributed by atoms with Gasteiger partial charge in [0.25, 0.3) is 5.91 Å². The molecule has 7 nitrogen and oxygen atoms in total. The number of ether oxygens (including phenoxy) is 1. The summed E-state index contributed by atoms with van der Waals surface area (Å²) in [5.74, 6) is -1.03. The largest absolute Gasteiger partial charge is 0.453 e. The molecule has 2 aromatic rings. The second-order valence-corrected chi connectivity index (χ2v) is 6.65. The molecule has 1 aliphatic rings. The number of hydrogen-bond acceptors (Lipinski definition) is 6. The van der Waals surface area contributed by atoms with Crippen LogP contribution in [0.4, 0.5) is 4.39 Å². The van der Waals surface area contributed by atoms with E-state index in [0.29, 0.717) is 0 Å². The van der Waals surface area contributed by atoms with Crippen molar-refractivity contribution in [3.05, 3.63) is 57.3 Å². The molecule has 3 rings (SSSR count). The molecule has 2 aromatic carbocycles. The summed E-state index contributed by atoms with van der Waals surface area (Å²) in [4.78, 5) is 15.5. The highest BCUT2D eigenvalue weighted by Gasteiger charge is 2.24. The molecule has 1 atom stereocenters. The normalized spacial score (nSPS) is 15.9. The van der Waals surface area contributed by atoms with Crippen molar-refractivity contribution in [3.8, 4) is 17.6 Å². The minimum absolute atomic E-state index is 0.00483. The number of carbonyl (C=O) groups is 1. The Morgan fingerprint density at radius 2 is 2.07 bits per heavy atom. The van der Waals surface area contributed by atoms with Crippen molar-refractivity contribution in [1.82, 2.24) is 10.9 Å². The number of aliphatic imine (C=N–C) groups is 1. The molecule has 0 saturated carbocycles. The summed E-state index contributed by atoms with van der Waals surface area (Å²) in [6.45, 7) is -0.468. The number of aliphatic hydroxyl groups excluding tert-OH is 1. The standard InChI is InChI=1S/C18H13Cl2FN4O3/c19-11-3-9(7-22)4-12(6-11)28-17-13(20)2-1-10(16(17)21)5-15-23-14(8-26)18(27)25-24-15/h1-4,6,14,26H,5,8H2,(H,23,24)(H,25,27)/t14-/m0/s1. The van der Waals surface area contributed by atoms with Crippen LogP contribution in [0.1, 0.15) is 11.1 Å². The minimum atomic E-state index is -0.960. The van der Waals surface area contributed by atoms with Crippen LogP contribution in [0.3, 0.4) is 0 Å². The highest BCUT2D eigenvalue weighted by atomic mass is 35.5. The zero-order valence-electron chi connectivity index (χ0n) is 14.2. The van der Waals surface area contributed by atoms with Crippen LogP contribution < -0.4 is 15.6 Å². The fraction of sp³-hybridized carbons (Fsp3) is 0.167. The lowest BCUT2D eigenvalue weighted by molar-refractivity contribution is -0.124. The van der Waals surface area contributed by atoms with Gasteiger partial charge in [0.05, 0.1) is 23.3 Å². The number of aliphatic hydroxyl groups is 1. The van der Waals surface area contributed by atoms with Gasteiger partial charge in [-0.2, -0.15) is 5.26 Å². The first-order valence-electron chi connectivity index (χ1n) is 8.00. The van der Waals surface area contributed by atoms with Crippen molar-refractivity contribution >= 4 is 34.9 Å². The van der Waals surface area contributed by atoms with Gasteiger partial charge in [0.1, 0.15) is 11.6 Å². The van der Waals surface area contributed by atoms with Crippen molar-refractivity contribution in [1.29, 1.82) is 5.26 Å². The fourth-order valence-corrected chi connectivity index (χ4v) is 2.91. The Hall–Kier alpha value is -2.86. The van der Waals surface area contributed by atoms with E-state index < -0.39 is 24.4 Å². The molecular weight excluding hydrogens is 410 g/mol. The van der Waals surface area contributed by atoms with Gasteiger partial charge in [-0.25, -0.2) is 4.39 Å². The summed E-state index contributed by atoms with van der Waals surface area (Å²) in [5, 5.41) is 18.5. The topological polar surface area (TPSA) is 107 Å². The van der Waals surface area contributed by atoms with E-state index in [2.05, 4.69) is 15.8 Å². The van der Waals surface area contributed by atoms with E-state index in [9.17, 15) is 9.18 Å². The molecule has 10 heteroatoms. The molecule has 1 amide bonds. The quantitative estimate of drug-likeness (QED) is 0.686. The van der Waals surface area contributed by atoms with Crippen LogP contribution in [-0.4, -0.2) is 29.5 Å². The lowest BCUT2D eigenvalue weighted by Crippen LogP contribution is -2.52. The Balaban J connectivity index is 1.90. The number of rotatable bonds is 5. The van der Waals surface area contributed by atoms with Gasteiger partial charge >= 0.3 is 0 Å². The molecule has 0 saturated heterocycles. The van der Waals surface area contributed by atoms with Crippen LogP contribution in [0, 0.1) is 17.1 Å². The molecule has 1 aliphatic heterocycles. The Morgan fingerprint density at radius 3 is 2.79 bits per heavy atom. The Morgan fingerprint density at radius 1 is 1.29 bits per heavy atom. The summed E-state index contributed by atoms with van der Waals surface area (Å²) in [7, 11) is 0. The summed E-state index contributed by atoms with van der Waals surface area (Å²) < 4.78 is 20.5. The molecule has 0 bridgehead atoms. The summed E-state index contributed by atoms with van der Waals surface area (Å²) >= 11 is 12.0. The average Bonchev–Trinajstić information content (AvgIpc) is 2.68. The average molecular weight is 423 g/mol. The maximum absolute atomic E-state index is 15.0. The molecule has 0 aromatic heterocycles. The van der Waals surface area contributed by atoms with E-state index in [0.717, 1.165) is 0 Å². The van der Waals surface area contributed by atoms with Crippen LogP contribution in [0.25, 0.3) is 0 Å². The number of hydrogen-bond donors (Lipinski definition) is 3. The van der Waals surface area contributed by atoms with Gasteiger partial charge in [-0.3, -0.25) is 20.6 Å². The molecule has 0 radical (unpaired) electrons. The minimum Gasteiger partial charge on any atom is -0.453 e. The predicted molar refractivity (Wildman–Crippen MR) is 101 cm³/mol. The SMILES string of the molecule is N#Cc1cc(Cl)cc(Oc2c(Cl)ccc(CC3=N[C@@H](CO)C(=O)NN3)c2F)c1. The van der Waals surface area contributed by atoms with Gasteiger partial charge < -0.3 is 9.84 Å². The van der Waals surface area contributed by atoms with E-state index in [1.807, 2.05) is 6.07 Å². The Labute approximate surface area is 169 Å². The summed E-state index contributed by atoms with van der Waals surface area (Å²) in [5.41, 5.74) is 5.36. The van der Waals surface area contributed by atoms with Crippen molar-refractivity contribution in [3.63, 3.8) is 0 Å². The van der Waals surface area contributed by atoms with Crippen molar-refractivity contribution in [2.45, 2.75) is 12.5 Å². The monoisotopic (exact) mass is 422 g/mol. The van der Waals surface area contributed by atoms with E-state index in [1.165, 1.54) is 30.3 Å². The smallest absolute Gasteiger partial charge is 0.265 e. The number of nitrogens with zero attached hydrogens (tertiary/aromatic N) is 2. The number of nitrogens with one attached hydrogen (secondary N) is 2. The first-order chi connectivity index (χ1) is 13.4. The van der Waals surface area contributed by atoms with Gasteiger partial charge in [-0.05, 0) is 29.8 Å². The van der Waals surface area contributed by atoms with Crippen molar-refractivity contribution in [2.24, 2.45) is 4.99 Å². The van der Waals surface area contributed by atoms with Gasteiger partial charge in [-0.1, -0.05) is 29.3 Å². The Bertz CT molecular complexity index is 1010. The molecule has 0 spiro atoms. The number of hydrazine groups is 1. The number of amidine groups is 1. The van der Waals surface area contributed by atoms with Crippen molar-refractivity contribution < 1.29 is 19.0 Å². The van der Waals surface area contributed by atoms with Crippen LogP contribution in [-0.2, 0) is 11.2 Å². The van der Waals surface area contributed by atoms with Crippen LogP contribution >= 0.6 is 23.2 Å². The number of halogens is 3. The molecule has 144 valence electrons. The third-order valence-corrected chi connectivity index (χ3v) is 4.34. The second kappa shape index (κ2) is 8.44. The number of carbonyl (C=O) groups excluding carboxylic acids is 1. The van der Waals surface area contributed by atoms with E-state index >= 15 is 0 Å². The van der Waals surface area contributed by atoms with E-state index in [1.54, 1.807) is 0 Å². The van der Waals surface area contributed by atoms with Crippen molar-refractivity contribution in [2.75, 3.05) is 6.61 Å². The lowest BCUT2D eigenvalue weighted by atomic mass is 10.1. The molecule has 0 fully saturated rings. The number of amides is 1. The third kappa shape index (κ3) is 4.34. The number of benzene rings is 2. The zero-order chi connectivity index (χ0) is 20.3.